The fraction of sp³-hybridized carbons (Fsp3) is 0.800. The Morgan fingerprint density at radius 3 is 2.86 bits per heavy atom. The minimum absolute atomic E-state index is 0. The van der Waals surface area contributed by atoms with Crippen LogP contribution in [0.1, 0.15) is 32.1 Å². The molecule has 0 amide bonds. The van der Waals surface area contributed by atoms with E-state index in [1.807, 2.05) is 7.05 Å². The number of rotatable bonds is 7. The third kappa shape index (κ3) is 7.46. The predicted octanol–water partition coefficient (Wildman–Crippen LogP) is 2.07. The molecule has 1 aliphatic carbocycles. The molecule has 2 rings (SSSR count). The first kappa shape index (κ1) is 18.7. The first-order chi connectivity index (χ1) is 9.88. The van der Waals surface area contributed by atoms with E-state index in [1.165, 1.54) is 6.42 Å². The van der Waals surface area contributed by atoms with Crippen LogP contribution in [0.5, 0.6) is 0 Å². The second-order valence-corrected chi connectivity index (χ2v) is 5.35. The molecule has 1 fully saturated rings. The summed E-state index contributed by atoms with van der Waals surface area (Å²) in [4.78, 5) is 4.24. The quantitative estimate of drug-likeness (QED) is 0.222. The molecule has 5 nitrogen and oxygen atoms in total. The maximum atomic E-state index is 5.63. The Morgan fingerprint density at radius 2 is 2.19 bits per heavy atom. The van der Waals surface area contributed by atoms with Gasteiger partial charge in [-0.15, -0.1) is 24.0 Å². The van der Waals surface area contributed by atoms with Crippen LogP contribution < -0.4 is 10.6 Å². The number of halogens is 1. The Labute approximate surface area is 145 Å². The smallest absolute Gasteiger partial charge is 0.191 e. The number of nitrogens with zero attached hydrogens (tertiary/aromatic N) is 1. The molecule has 1 heterocycles. The number of nitrogens with one attached hydrogen (secondary N) is 2. The zero-order valence-electron chi connectivity index (χ0n) is 12.8. The predicted molar refractivity (Wildman–Crippen MR) is 96.5 cm³/mol. The van der Waals surface area contributed by atoms with Gasteiger partial charge >= 0.3 is 0 Å². The van der Waals surface area contributed by atoms with Crippen molar-refractivity contribution < 1.29 is 9.47 Å². The van der Waals surface area contributed by atoms with Crippen molar-refractivity contribution in [3.63, 3.8) is 0 Å². The van der Waals surface area contributed by atoms with Crippen LogP contribution in [0.25, 0.3) is 0 Å². The van der Waals surface area contributed by atoms with Crippen LogP contribution in [0.4, 0.5) is 0 Å². The molecular formula is C15H28IN3O2. The zero-order valence-corrected chi connectivity index (χ0v) is 15.2. The van der Waals surface area contributed by atoms with Crippen LogP contribution in [0.2, 0.25) is 0 Å². The van der Waals surface area contributed by atoms with Crippen LogP contribution in [-0.2, 0) is 9.47 Å². The summed E-state index contributed by atoms with van der Waals surface area (Å²) in [5.74, 6) is 0.887. The Bertz CT molecular complexity index is 323. The lowest BCUT2D eigenvalue weighted by Crippen LogP contribution is -2.42. The summed E-state index contributed by atoms with van der Waals surface area (Å²) in [6.45, 7) is 3.29. The lowest BCUT2D eigenvalue weighted by Gasteiger charge is -2.17. The number of ether oxygens (including phenoxy) is 2. The Balaban J connectivity index is 0.00000220. The zero-order chi connectivity index (χ0) is 14.0. The van der Waals surface area contributed by atoms with Gasteiger partial charge in [0.25, 0.3) is 0 Å². The molecule has 1 unspecified atom stereocenters. The number of guanidine groups is 1. The number of aliphatic imine (C=N–C) groups is 1. The van der Waals surface area contributed by atoms with Gasteiger partial charge in [0.2, 0.25) is 0 Å². The Kier molecular flexibility index (Phi) is 10.0. The summed E-state index contributed by atoms with van der Waals surface area (Å²) < 4.78 is 11.1. The third-order valence-corrected chi connectivity index (χ3v) is 3.66. The van der Waals surface area contributed by atoms with E-state index < -0.39 is 0 Å². The first-order valence-corrected chi connectivity index (χ1v) is 7.70. The molecule has 0 radical (unpaired) electrons. The Hall–Kier alpha value is -0.340. The monoisotopic (exact) mass is 409 g/mol. The molecule has 1 atom stereocenters. The second-order valence-electron chi connectivity index (χ2n) is 5.35. The van der Waals surface area contributed by atoms with E-state index in [-0.39, 0.29) is 24.0 Å². The van der Waals surface area contributed by atoms with Gasteiger partial charge in [0, 0.05) is 32.8 Å². The summed E-state index contributed by atoms with van der Waals surface area (Å²) >= 11 is 0. The molecule has 0 bridgehead atoms. The maximum absolute atomic E-state index is 5.63. The van der Waals surface area contributed by atoms with Crippen LogP contribution in [-0.4, -0.2) is 51.5 Å². The lowest BCUT2D eigenvalue weighted by atomic mass is 10.2. The van der Waals surface area contributed by atoms with E-state index in [9.17, 15) is 0 Å². The van der Waals surface area contributed by atoms with Gasteiger partial charge in [-0.2, -0.15) is 0 Å². The molecular weight excluding hydrogens is 381 g/mol. The molecule has 0 spiro atoms. The molecule has 0 aromatic carbocycles. The average Bonchev–Trinajstić information content (AvgIpc) is 3.14. The highest BCUT2D eigenvalue weighted by molar-refractivity contribution is 14.0. The minimum atomic E-state index is 0. The minimum Gasteiger partial charge on any atom is -0.379 e. The lowest BCUT2D eigenvalue weighted by molar-refractivity contribution is 0.0168. The normalized spacial score (nSPS) is 22.3. The van der Waals surface area contributed by atoms with E-state index in [2.05, 4.69) is 27.8 Å². The summed E-state index contributed by atoms with van der Waals surface area (Å²) in [5, 5.41) is 6.74. The van der Waals surface area contributed by atoms with Crippen molar-refractivity contribution in [2.24, 2.45) is 4.99 Å². The van der Waals surface area contributed by atoms with Gasteiger partial charge < -0.3 is 20.1 Å². The van der Waals surface area contributed by atoms with Crippen molar-refractivity contribution in [1.29, 1.82) is 0 Å². The molecule has 6 heteroatoms. The highest BCUT2D eigenvalue weighted by Gasteiger charge is 2.15. The van der Waals surface area contributed by atoms with Gasteiger partial charge in [-0.05, 0) is 32.1 Å². The summed E-state index contributed by atoms with van der Waals surface area (Å²) in [5.41, 5.74) is 0. The molecule has 2 aliphatic rings. The standard InChI is InChI=1S/C15H27N3O2.HI/c1-16-15(18-13-6-2-3-7-13)17-9-5-10-19-12-14-8-4-11-20-14;/h2-3,13-14H,4-12H2,1H3,(H2,16,17,18);1H. The Morgan fingerprint density at radius 1 is 1.38 bits per heavy atom. The van der Waals surface area contributed by atoms with Gasteiger partial charge in [0.15, 0.2) is 5.96 Å². The topological polar surface area (TPSA) is 54.9 Å². The van der Waals surface area contributed by atoms with Gasteiger partial charge in [0.05, 0.1) is 12.7 Å². The number of hydrogen-bond donors (Lipinski definition) is 2. The highest BCUT2D eigenvalue weighted by atomic mass is 127. The van der Waals surface area contributed by atoms with Crippen molar-refractivity contribution in [3.05, 3.63) is 12.2 Å². The SMILES string of the molecule is CN=C(NCCCOCC1CCCO1)NC1CC=CC1.I. The van der Waals surface area contributed by atoms with E-state index in [0.29, 0.717) is 12.1 Å². The molecule has 1 aliphatic heterocycles. The highest BCUT2D eigenvalue weighted by Crippen LogP contribution is 2.11. The van der Waals surface area contributed by atoms with Gasteiger partial charge in [0.1, 0.15) is 0 Å². The van der Waals surface area contributed by atoms with Gasteiger partial charge in [-0.25, -0.2) is 0 Å². The first-order valence-electron chi connectivity index (χ1n) is 7.70. The van der Waals surface area contributed by atoms with E-state index >= 15 is 0 Å². The summed E-state index contributed by atoms with van der Waals surface area (Å²) in [6.07, 6.45) is 10.2. The van der Waals surface area contributed by atoms with Crippen molar-refractivity contribution >= 4 is 29.9 Å². The number of hydrogen-bond acceptors (Lipinski definition) is 3. The van der Waals surface area contributed by atoms with Crippen LogP contribution >= 0.6 is 24.0 Å². The van der Waals surface area contributed by atoms with Crippen molar-refractivity contribution in [2.45, 2.75) is 44.2 Å². The van der Waals surface area contributed by atoms with Crippen molar-refractivity contribution in [2.75, 3.05) is 33.4 Å². The summed E-state index contributed by atoms with van der Waals surface area (Å²) in [6, 6.07) is 0.497. The summed E-state index contributed by atoms with van der Waals surface area (Å²) in [7, 11) is 1.81. The van der Waals surface area contributed by atoms with Gasteiger partial charge in [-0.1, -0.05) is 12.2 Å². The third-order valence-electron chi connectivity index (χ3n) is 3.66. The fourth-order valence-electron chi connectivity index (χ4n) is 2.49. The van der Waals surface area contributed by atoms with Crippen LogP contribution in [0.15, 0.2) is 17.1 Å². The van der Waals surface area contributed by atoms with E-state index in [0.717, 1.165) is 58.0 Å². The van der Waals surface area contributed by atoms with Gasteiger partial charge in [-0.3, -0.25) is 4.99 Å². The molecule has 2 N–H and O–H groups in total. The average molecular weight is 409 g/mol. The van der Waals surface area contributed by atoms with Crippen LogP contribution in [0, 0.1) is 0 Å². The molecule has 21 heavy (non-hydrogen) atoms. The molecule has 0 aromatic heterocycles. The van der Waals surface area contributed by atoms with Crippen molar-refractivity contribution in [1.82, 2.24) is 10.6 Å². The molecule has 0 aromatic rings. The largest absolute Gasteiger partial charge is 0.379 e. The second kappa shape index (κ2) is 11.3. The molecule has 0 saturated carbocycles. The van der Waals surface area contributed by atoms with Crippen molar-refractivity contribution in [3.8, 4) is 0 Å². The van der Waals surface area contributed by atoms with Crippen LogP contribution in [0.3, 0.4) is 0 Å². The molecule has 1 saturated heterocycles. The fourth-order valence-corrected chi connectivity index (χ4v) is 2.49. The van der Waals surface area contributed by atoms with E-state index in [1.54, 1.807) is 0 Å². The van der Waals surface area contributed by atoms with E-state index in [4.69, 9.17) is 9.47 Å². The molecule has 122 valence electrons. The maximum Gasteiger partial charge on any atom is 0.191 e.